The number of aromatic nitrogens is 4. The highest BCUT2D eigenvalue weighted by atomic mass is 16.6. The number of carbonyl (C=O) groups is 2. The monoisotopic (exact) mass is 493 g/mol. The topological polar surface area (TPSA) is 133 Å². The molecule has 0 spiro atoms. The van der Waals surface area contributed by atoms with Gasteiger partial charge in [-0.05, 0) is 19.1 Å². The number of fused-ring (bicyclic) bond motifs is 1. The number of amides is 2. The van der Waals surface area contributed by atoms with Crippen molar-refractivity contribution in [1.29, 1.82) is 0 Å². The van der Waals surface area contributed by atoms with Crippen molar-refractivity contribution in [2.45, 2.75) is 13.8 Å². The van der Waals surface area contributed by atoms with Crippen molar-refractivity contribution in [2.75, 3.05) is 62.2 Å². The summed E-state index contributed by atoms with van der Waals surface area (Å²) in [6.07, 6.45) is 1.46. The maximum Gasteiger partial charge on any atom is 0.293 e. The summed E-state index contributed by atoms with van der Waals surface area (Å²) in [5.74, 6) is 1.16. The van der Waals surface area contributed by atoms with Gasteiger partial charge < -0.3 is 19.6 Å². The van der Waals surface area contributed by atoms with E-state index in [0.29, 0.717) is 69.4 Å². The predicted octanol–water partition coefficient (Wildman–Crippen LogP) is 0.972. The first-order valence-corrected chi connectivity index (χ1v) is 11.8. The van der Waals surface area contributed by atoms with E-state index in [2.05, 4.69) is 20.0 Å². The van der Waals surface area contributed by atoms with Gasteiger partial charge >= 0.3 is 0 Å². The molecule has 0 bridgehead atoms. The predicted molar refractivity (Wildman–Crippen MR) is 131 cm³/mol. The fraction of sp³-hybridized carbons (Fsp3) is 0.435. The lowest BCUT2D eigenvalue weighted by Crippen LogP contribution is -2.49. The number of anilines is 2. The summed E-state index contributed by atoms with van der Waals surface area (Å²) in [6, 6.07) is 6.61. The molecule has 13 nitrogen and oxygen atoms in total. The minimum absolute atomic E-state index is 0.00466. The molecule has 0 radical (unpaired) electrons. The van der Waals surface area contributed by atoms with E-state index in [1.165, 1.54) is 19.3 Å². The van der Waals surface area contributed by atoms with Crippen LogP contribution in [0, 0.1) is 17.0 Å². The minimum Gasteiger partial charge on any atom is -0.362 e. The maximum absolute atomic E-state index is 13.2. The molecule has 1 aromatic carbocycles. The average Bonchev–Trinajstić information content (AvgIpc) is 3.36. The number of nitro groups is 1. The number of carbonyl (C=O) groups excluding carboxylic acids is 2. The van der Waals surface area contributed by atoms with E-state index in [1.807, 2.05) is 17.9 Å². The largest absolute Gasteiger partial charge is 0.362 e. The number of rotatable bonds is 4. The molecule has 0 atom stereocenters. The Morgan fingerprint density at radius 1 is 0.944 bits per heavy atom. The van der Waals surface area contributed by atoms with Gasteiger partial charge in [0.2, 0.25) is 5.91 Å². The first-order chi connectivity index (χ1) is 17.3. The van der Waals surface area contributed by atoms with Crippen LogP contribution in [-0.4, -0.2) is 98.5 Å². The Kier molecular flexibility index (Phi) is 6.12. The Balaban J connectivity index is 1.29. The van der Waals surface area contributed by atoms with Crippen molar-refractivity contribution in [3.63, 3.8) is 0 Å². The third-order valence-corrected chi connectivity index (χ3v) is 6.74. The van der Waals surface area contributed by atoms with Crippen LogP contribution in [0.2, 0.25) is 0 Å². The zero-order valence-electron chi connectivity index (χ0n) is 20.2. The summed E-state index contributed by atoms with van der Waals surface area (Å²) < 4.78 is 1.68. The van der Waals surface area contributed by atoms with Gasteiger partial charge in [0.15, 0.2) is 0 Å². The van der Waals surface area contributed by atoms with Gasteiger partial charge in [-0.2, -0.15) is 14.6 Å². The van der Waals surface area contributed by atoms with Crippen LogP contribution in [0.5, 0.6) is 0 Å². The standard InChI is InChI=1S/C23H27N9O4/c1-16-13-21(31-23(26-16)24-15-25-31)29-9-11-30(12-10-29)22(34)18-3-4-19(20(14-18)32(35)36)28-7-5-27(6-8-28)17(2)33/h3-4,13-15H,5-12H2,1-2H3. The van der Waals surface area contributed by atoms with E-state index in [4.69, 9.17) is 0 Å². The van der Waals surface area contributed by atoms with E-state index >= 15 is 0 Å². The number of hydrogen-bond acceptors (Lipinski definition) is 9. The van der Waals surface area contributed by atoms with Gasteiger partial charge in [-0.25, -0.2) is 4.98 Å². The third-order valence-electron chi connectivity index (χ3n) is 6.74. The van der Waals surface area contributed by atoms with E-state index < -0.39 is 4.92 Å². The van der Waals surface area contributed by atoms with Gasteiger partial charge in [0, 0.05) is 82.7 Å². The van der Waals surface area contributed by atoms with E-state index in [1.54, 1.807) is 26.4 Å². The van der Waals surface area contributed by atoms with Crippen LogP contribution in [-0.2, 0) is 4.79 Å². The molecule has 2 aromatic heterocycles. The molecule has 2 saturated heterocycles. The molecule has 0 aliphatic carbocycles. The Morgan fingerprint density at radius 2 is 1.61 bits per heavy atom. The summed E-state index contributed by atoms with van der Waals surface area (Å²) >= 11 is 0. The van der Waals surface area contributed by atoms with Crippen LogP contribution in [0.1, 0.15) is 23.0 Å². The minimum atomic E-state index is -0.448. The summed E-state index contributed by atoms with van der Waals surface area (Å²) in [5, 5.41) is 16.1. The fourth-order valence-corrected chi connectivity index (χ4v) is 4.79. The molecule has 13 heteroatoms. The smallest absolute Gasteiger partial charge is 0.293 e. The molecule has 36 heavy (non-hydrogen) atoms. The van der Waals surface area contributed by atoms with Crippen LogP contribution >= 0.6 is 0 Å². The number of nitro benzene ring substituents is 1. The molecule has 3 aromatic rings. The van der Waals surface area contributed by atoms with Crippen LogP contribution in [0.3, 0.4) is 0 Å². The van der Waals surface area contributed by atoms with Crippen molar-refractivity contribution in [1.82, 2.24) is 29.4 Å². The molecule has 2 amide bonds. The first kappa shape index (κ1) is 23.5. The quantitative estimate of drug-likeness (QED) is 0.385. The number of piperazine rings is 2. The first-order valence-electron chi connectivity index (χ1n) is 11.8. The Hall–Kier alpha value is -4.29. The van der Waals surface area contributed by atoms with Crippen LogP contribution in [0.15, 0.2) is 30.6 Å². The second-order valence-corrected chi connectivity index (χ2v) is 8.96. The number of hydrogen-bond donors (Lipinski definition) is 0. The summed E-state index contributed by atoms with van der Waals surface area (Å²) in [4.78, 5) is 52.2. The second kappa shape index (κ2) is 9.40. The van der Waals surface area contributed by atoms with Gasteiger partial charge in [-0.1, -0.05) is 0 Å². The zero-order valence-corrected chi connectivity index (χ0v) is 20.2. The lowest BCUT2D eigenvalue weighted by atomic mass is 10.1. The number of aryl methyl sites for hydroxylation is 1. The highest BCUT2D eigenvalue weighted by molar-refractivity contribution is 5.96. The van der Waals surface area contributed by atoms with Crippen LogP contribution in [0.4, 0.5) is 17.2 Å². The number of benzene rings is 1. The van der Waals surface area contributed by atoms with Gasteiger partial charge in [0.05, 0.1) is 4.92 Å². The van der Waals surface area contributed by atoms with Gasteiger partial charge in [-0.3, -0.25) is 19.7 Å². The van der Waals surface area contributed by atoms with E-state index in [9.17, 15) is 19.7 Å². The van der Waals surface area contributed by atoms with Crippen LogP contribution in [0.25, 0.3) is 5.78 Å². The molecule has 0 saturated carbocycles. The normalized spacial score (nSPS) is 16.5. The SMILES string of the molecule is CC(=O)N1CCN(c2ccc(C(=O)N3CCN(c4cc(C)nc5ncnn45)CC3)cc2[N+](=O)[O-])CC1. The Bertz CT molecular complexity index is 1320. The maximum atomic E-state index is 13.2. The third kappa shape index (κ3) is 4.39. The second-order valence-electron chi connectivity index (χ2n) is 8.96. The summed E-state index contributed by atoms with van der Waals surface area (Å²) in [6.45, 7) is 7.56. The molecule has 2 fully saturated rings. The molecule has 0 unspecified atom stereocenters. The fourth-order valence-electron chi connectivity index (χ4n) is 4.79. The average molecular weight is 494 g/mol. The molecular formula is C23H27N9O4. The summed E-state index contributed by atoms with van der Waals surface area (Å²) in [7, 11) is 0. The lowest BCUT2D eigenvalue weighted by molar-refractivity contribution is -0.384. The van der Waals surface area contributed by atoms with E-state index in [-0.39, 0.29) is 17.5 Å². The van der Waals surface area contributed by atoms with E-state index in [0.717, 1.165) is 11.5 Å². The molecule has 2 aliphatic heterocycles. The van der Waals surface area contributed by atoms with Gasteiger partial charge in [0.25, 0.3) is 17.4 Å². The zero-order chi connectivity index (χ0) is 25.4. The molecule has 2 aliphatic rings. The lowest BCUT2D eigenvalue weighted by Gasteiger charge is -2.36. The van der Waals surface area contributed by atoms with Crippen molar-refractivity contribution in [3.05, 3.63) is 52.0 Å². The highest BCUT2D eigenvalue weighted by Gasteiger charge is 2.28. The molecule has 188 valence electrons. The highest BCUT2D eigenvalue weighted by Crippen LogP contribution is 2.31. The van der Waals surface area contributed by atoms with Crippen molar-refractivity contribution < 1.29 is 14.5 Å². The molecular weight excluding hydrogens is 466 g/mol. The van der Waals surface area contributed by atoms with Crippen molar-refractivity contribution in [2.24, 2.45) is 0 Å². The number of nitrogens with zero attached hydrogens (tertiary/aromatic N) is 9. The van der Waals surface area contributed by atoms with Gasteiger partial charge in [-0.15, -0.1) is 0 Å². The van der Waals surface area contributed by atoms with Crippen molar-refractivity contribution in [3.8, 4) is 0 Å². The Labute approximate surface area is 207 Å². The molecule has 4 heterocycles. The Morgan fingerprint density at radius 3 is 2.28 bits per heavy atom. The van der Waals surface area contributed by atoms with Crippen LogP contribution < -0.4 is 9.80 Å². The van der Waals surface area contributed by atoms with Gasteiger partial charge in [0.1, 0.15) is 17.8 Å². The molecule has 5 rings (SSSR count). The molecule has 0 N–H and O–H groups in total. The van der Waals surface area contributed by atoms with Crippen molar-refractivity contribution >= 4 is 34.8 Å². The summed E-state index contributed by atoms with van der Waals surface area (Å²) in [5.41, 5.74) is 1.49.